The molecule has 33 heavy (non-hydrogen) atoms. The number of piperidine rings is 1. The molecular formula is C22H32F3N3O5. The first-order chi connectivity index (χ1) is 15.7. The number of aliphatic carboxylic acids is 1. The minimum Gasteiger partial charge on any atom is -0.481 e. The fraction of sp³-hybridized carbons (Fsp3) is 0.818. The maximum Gasteiger partial charge on any atom is 0.490 e. The highest BCUT2D eigenvalue weighted by Crippen LogP contribution is 2.31. The van der Waals surface area contributed by atoms with Crippen molar-refractivity contribution in [1.82, 2.24) is 15.0 Å². The van der Waals surface area contributed by atoms with E-state index in [2.05, 4.69) is 14.9 Å². The predicted octanol–water partition coefficient (Wildman–Crippen LogP) is 4.45. The van der Waals surface area contributed by atoms with Crippen LogP contribution in [0.5, 0.6) is 0 Å². The monoisotopic (exact) mass is 475 g/mol. The van der Waals surface area contributed by atoms with Crippen molar-refractivity contribution in [2.24, 2.45) is 5.92 Å². The molecule has 1 aromatic rings. The van der Waals surface area contributed by atoms with Crippen LogP contribution < -0.4 is 0 Å². The van der Waals surface area contributed by atoms with Crippen LogP contribution in [-0.2, 0) is 20.9 Å². The first kappa shape index (κ1) is 25.5. The predicted molar refractivity (Wildman–Crippen MR) is 110 cm³/mol. The van der Waals surface area contributed by atoms with Crippen molar-refractivity contribution in [2.75, 3.05) is 13.1 Å². The summed E-state index contributed by atoms with van der Waals surface area (Å²) in [5, 5.41) is 13.3. The number of rotatable bonds is 10. The van der Waals surface area contributed by atoms with Crippen molar-refractivity contribution in [3.63, 3.8) is 0 Å². The molecule has 0 unspecified atom stereocenters. The number of esters is 1. The van der Waals surface area contributed by atoms with Gasteiger partial charge >= 0.3 is 18.1 Å². The van der Waals surface area contributed by atoms with E-state index in [4.69, 9.17) is 4.52 Å². The van der Waals surface area contributed by atoms with Gasteiger partial charge in [0, 0.05) is 19.0 Å². The minimum absolute atomic E-state index is 0.0672. The topological polar surface area (TPSA) is 106 Å². The van der Waals surface area contributed by atoms with Gasteiger partial charge < -0.3 is 14.4 Å². The van der Waals surface area contributed by atoms with Gasteiger partial charge in [-0.1, -0.05) is 50.1 Å². The molecule has 0 bridgehead atoms. The molecule has 3 rings (SSSR count). The van der Waals surface area contributed by atoms with Crippen LogP contribution in [0.1, 0.15) is 88.3 Å². The quantitative estimate of drug-likeness (QED) is 0.495. The molecular weight excluding hydrogens is 443 g/mol. The molecule has 2 aliphatic rings. The summed E-state index contributed by atoms with van der Waals surface area (Å²) in [6.07, 6.45) is 3.81. The molecule has 0 aromatic carbocycles. The van der Waals surface area contributed by atoms with Crippen LogP contribution in [0.2, 0.25) is 0 Å². The van der Waals surface area contributed by atoms with Gasteiger partial charge in [-0.3, -0.25) is 9.69 Å². The summed E-state index contributed by atoms with van der Waals surface area (Å²) in [4.78, 5) is 28.7. The van der Waals surface area contributed by atoms with Gasteiger partial charge in [0.1, 0.15) is 6.10 Å². The number of carboxylic acid groups (broad SMARTS) is 1. The van der Waals surface area contributed by atoms with Gasteiger partial charge in [-0.05, 0) is 25.2 Å². The Balaban J connectivity index is 1.46. The zero-order chi connectivity index (χ0) is 23.8. The zero-order valence-electron chi connectivity index (χ0n) is 18.7. The molecule has 1 N–H and O–H groups in total. The smallest absolute Gasteiger partial charge is 0.481 e. The lowest BCUT2D eigenvalue weighted by Crippen LogP contribution is -2.39. The second kappa shape index (κ2) is 11.8. The van der Waals surface area contributed by atoms with Crippen LogP contribution in [-0.4, -0.2) is 57.5 Å². The summed E-state index contributed by atoms with van der Waals surface area (Å²) in [6.45, 7) is 1.20. The van der Waals surface area contributed by atoms with Crippen molar-refractivity contribution in [2.45, 2.75) is 95.4 Å². The lowest BCUT2D eigenvalue weighted by atomic mass is 9.84. The fourth-order valence-electron chi connectivity index (χ4n) is 4.75. The van der Waals surface area contributed by atoms with Crippen LogP contribution in [0.15, 0.2) is 4.52 Å². The van der Waals surface area contributed by atoms with Crippen LogP contribution in [0.3, 0.4) is 0 Å². The van der Waals surface area contributed by atoms with Crippen LogP contribution >= 0.6 is 0 Å². The number of carbonyl (C=O) groups excluding carboxylic acids is 1. The van der Waals surface area contributed by atoms with Crippen molar-refractivity contribution >= 4 is 11.9 Å². The van der Waals surface area contributed by atoms with Gasteiger partial charge in [0.25, 0.3) is 0 Å². The number of ether oxygens (including phenoxy) is 1. The maximum atomic E-state index is 12.3. The normalized spacial score (nSPS) is 20.0. The highest BCUT2D eigenvalue weighted by atomic mass is 19.4. The fourth-order valence-corrected chi connectivity index (χ4v) is 4.75. The second-order valence-corrected chi connectivity index (χ2v) is 9.16. The summed E-state index contributed by atoms with van der Waals surface area (Å²) < 4.78 is 46.9. The van der Waals surface area contributed by atoms with E-state index in [9.17, 15) is 27.9 Å². The summed E-state index contributed by atoms with van der Waals surface area (Å²) in [6, 6.07) is 0. The molecule has 8 nitrogen and oxygen atoms in total. The number of carboxylic acids is 1. The third-order valence-corrected chi connectivity index (χ3v) is 6.55. The third kappa shape index (κ3) is 8.28. The molecule has 0 spiro atoms. The van der Waals surface area contributed by atoms with E-state index in [1.54, 1.807) is 0 Å². The van der Waals surface area contributed by atoms with Crippen LogP contribution in [0, 0.1) is 5.92 Å². The minimum atomic E-state index is -4.99. The Labute approximate surface area is 190 Å². The maximum absolute atomic E-state index is 12.3. The Morgan fingerprint density at radius 1 is 1.15 bits per heavy atom. The molecule has 1 aliphatic heterocycles. The van der Waals surface area contributed by atoms with E-state index in [1.165, 1.54) is 32.1 Å². The average Bonchev–Trinajstić information content (AvgIpc) is 3.22. The summed E-state index contributed by atoms with van der Waals surface area (Å²) in [5.74, 6) is -1.94. The summed E-state index contributed by atoms with van der Waals surface area (Å²) >= 11 is 0. The largest absolute Gasteiger partial charge is 0.490 e. The Bertz CT molecular complexity index is 772. The molecule has 2 heterocycles. The molecule has 1 aromatic heterocycles. The average molecular weight is 476 g/mol. The van der Waals surface area contributed by atoms with Crippen molar-refractivity contribution in [1.29, 1.82) is 0 Å². The van der Waals surface area contributed by atoms with E-state index in [1.807, 2.05) is 4.90 Å². The molecule has 1 aliphatic carbocycles. The molecule has 1 saturated carbocycles. The lowest BCUT2D eigenvalue weighted by molar-refractivity contribution is -0.206. The Morgan fingerprint density at radius 2 is 1.85 bits per heavy atom. The second-order valence-electron chi connectivity index (χ2n) is 9.16. The number of hydrogen-bond acceptors (Lipinski definition) is 7. The van der Waals surface area contributed by atoms with Crippen molar-refractivity contribution < 1.29 is 37.1 Å². The van der Waals surface area contributed by atoms with E-state index in [0.29, 0.717) is 37.8 Å². The number of likely N-dealkylation sites (tertiary alicyclic amines) is 1. The molecule has 11 heteroatoms. The molecule has 1 saturated heterocycles. The van der Waals surface area contributed by atoms with Crippen LogP contribution in [0.25, 0.3) is 0 Å². The summed E-state index contributed by atoms with van der Waals surface area (Å²) in [7, 11) is 0. The highest BCUT2D eigenvalue weighted by molar-refractivity contribution is 5.75. The van der Waals surface area contributed by atoms with E-state index >= 15 is 0 Å². The Morgan fingerprint density at radius 3 is 2.48 bits per heavy atom. The van der Waals surface area contributed by atoms with Crippen LogP contribution in [0.4, 0.5) is 13.2 Å². The highest BCUT2D eigenvalue weighted by Gasteiger charge is 2.42. The first-order valence-electron chi connectivity index (χ1n) is 11.7. The number of nitrogens with zero attached hydrogens (tertiary/aromatic N) is 3. The van der Waals surface area contributed by atoms with Gasteiger partial charge in [-0.25, -0.2) is 4.79 Å². The number of halogens is 3. The van der Waals surface area contributed by atoms with E-state index in [0.717, 1.165) is 18.8 Å². The third-order valence-electron chi connectivity index (χ3n) is 6.55. The SMILES string of the molecule is O=C(O)C[C@@H](CCCC1CCCCC1)c1nc(CN2CCC(OC(=O)C(F)(F)F)CC2)no1. The van der Waals surface area contributed by atoms with Gasteiger partial charge in [0.2, 0.25) is 5.89 Å². The number of hydrogen-bond donors (Lipinski definition) is 1. The molecule has 1 atom stereocenters. The van der Waals surface area contributed by atoms with E-state index in [-0.39, 0.29) is 25.2 Å². The van der Waals surface area contributed by atoms with Crippen molar-refractivity contribution in [3.8, 4) is 0 Å². The van der Waals surface area contributed by atoms with E-state index < -0.39 is 24.2 Å². The molecule has 0 radical (unpaired) electrons. The zero-order valence-corrected chi connectivity index (χ0v) is 18.7. The number of aromatic nitrogens is 2. The van der Waals surface area contributed by atoms with Crippen molar-refractivity contribution in [3.05, 3.63) is 11.7 Å². The lowest BCUT2D eigenvalue weighted by Gasteiger charge is -2.30. The molecule has 2 fully saturated rings. The molecule has 0 amide bonds. The Kier molecular flexibility index (Phi) is 9.10. The number of alkyl halides is 3. The van der Waals surface area contributed by atoms with Gasteiger partial charge in [-0.2, -0.15) is 18.2 Å². The Hall–Kier alpha value is -2.17. The van der Waals surface area contributed by atoms with Gasteiger partial charge in [-0.15, -0.1) is 0 Å². The van der Waals surface area contributed by atoms with Gasteiger partial charge in [0.15, 0.2) is 5.82 Å². The molecule has 186 valence electrons. The summed E-state index contributed by atoms with van der Waals surface area (Å²) in [5.41, 5.74) is 0. The first-order valence-corrected chi connectivity index (χ1v) is 11.7. The van der Waals surface area contributed by atoms with Gasteiger partial charge in [0.05, 0.1) is 13.0 Å². The standard InChI is InChI=1S/C22H32F3N3O5/c23-22(24,25)21(31)32-17-9-11-28(12-10-17)14-18-26-20(33-27-18)16(13-19(29)30)8-4-7-15-5-2-1-3-6-15/h15-17H,1-14H2,(H,29,30)/t16-/m1/s1. The number of carbonyl (C=O) groups is 2.